The van der Waals surface area contributed by atoms with Gasteiger partial charge in [-0.3, -0.25) is 0 Å². The first-order valence-electron chi connectivity index (χ1n) is 10.1. The quantitative estimate of drug-likeness (QED) is 0.559. The van der Waals surface area contributed by atoms with Crippen molar-refractivity contribution in [3.05, 3.63) is 89.5 Å². The molecule has 1 heterocycles. The Morgan fingerprint density at radius 2 is 1.47 bits per heavy atom. The molecule has 0 fully saturated rings. The van der Waals surface area contributed by atoms with E-state index in [4.69, 9.17) is 32.8 Å². The molecule has 0 spiro atoms. The average Bonchev–Trinajstić information content (AvgIpc) is 2.82. The van der Waals surface area contributed by atoms with E-state index >= 15 is 0 Å². The van der Waals surface area contributed by atoms with Gasteiger partial charge < -0.3 is 14.2 Å². The van der Waals surface area contributed by atoms with Gasteiger partial charge in [-0.1, -0.05) is 18.2 Å². The molecule has 0 amide bonds. The summed E-state index contributed by atoms with van der Waals surface area (Å²) in [6, 6.07) is 13.8. The summed E-state index contributed by atoms with van der Waals surface area (Å²) in [4.78, 5) is 0. The van der Waals surface area contributed by atoms with Gasteiger partial charge >= 0.3 is 0 Å². The van der Waals surface area contributed by atoms with Crippen molar-refractivity contribution in [3.63, 3.8) is 0 Å². The van der Waals surface area contributed by atoms with Crippen LogP contribution < -0.4 is 32.8 Å². The number of hydrogen-bond acceptors (Lipinski definition) is 7. The van der Waals surface area contributed by atoms with E-state index in [1.165, 1.54) is 0 Å². The summed E-state index contributed by atoms with van der Waals surface area (Å²) < 4.78 is 53.2. The molecule has 0 radical (unpaired) electrons. The summed E-state index contributed by atoms with van der Waals surface area (Å²) in [5, 5.41) is 0. The third kappa shape index (κ3) is 6.34. The molecule has 4 rings (SSSR count). The lowest BCUT2D eigenvalue weighted by molar-refractivity contribution is -2.00. The fraction of sp³-hybridized carbons (Fsp3) is 0.160. The highest BCUT2D eigenvalue weighted by Gasteiger charge is 2.22. The molecule has 0 bridgehead atoms. The van der Waals surface area contributed by atoms with Crippen LogP contribution in [0.15, 0.2) is 78.4 Å². The summed E-state index contributed by atoms with van der Waals surface area (Å²) in [6.07, 6.45) is 10.6. The Bertz CT molecular complexity index is 1190. The van der Waals surface area contributed by atoms with Crippen LogP contribution in [0.1, 0.15) is 11.1 Å². The Morgan fingerprint density at radius 3 is 2.06 bits per heavy atom. The van der Waals surface area contributed by atoms with Gasteiger partial charge in [-0.25, -0.2) is 23.2 Å². The first kappa shape index (κ1) is 25.2. The summed E-state index contributed by atoms with van der Waals surface area (Å²) in [7, 11) is 2.43. The number of halogens is 1. The van der Waals surface area contributed by atoms with Gasteiger partial charge in [-0.15, -0.1) is 10.2 Å². The van der Waals surface area contributed by atoms with Crippen molar-refractivity contribution in [1.29, 1.82) is 0 Å². The predicted molar refractivity (Wildman–Crippen MR) is 117 cm³/mol. The lowest BCUT2D eigenvalue weighted by Crippen LogP contribution is -2.68. The normalized spacial score (nSPS) is 14.5. The van der Waals surface area contributed by atoms with Crippen LogP contribution in [0.3, 0.4) is 0 Å². The molecule has 0 unspecified atom stereocenters. The Morgan fingerprint density at radius 1 is 0.824 bits per heavy atom. The predicted octanol–water partition coefficient (Wildman–Crippen LogP) is -0.0260. The fourth-order valence-electron chi connectivity index (χ4n) is 3.45. The van der Waals surface area contributed by atoms with Gasteiger partial charge in [0.25, 0.3) is 0 Å². The molecule has 0 saturated carbocycles. The summed E-state index contributed by atoms with van der Waals surface area (Å²) in [5.41, 5.74) is 5.36. The van der Waals surface area contributed by atoms with Crippen LogP contribution in [0.4, 0.5) is 0 Å². The summed E-state index contributed by atoms with van der Waals surface area (Å²) in [6.45, 7) is 0. The number of hydrogen-bond donors (Lipinski definition) is 0. The minimum Gasteiger partial charge on any atom is -0.497 e. The minimum absolute atomic E-state index is 0.706. The zero-order chi connectivity index (χ0) is 24.9. The van der Waals surface area contributed by atoms with E-state index in [0.29, 0.717) is 5.75 Å². The first-order chi connectivity index (χ1) is 16.1. The van der Waals surface area contributed by atoms with Crippen molar-refractivity contribution in [3.8, 4) is 17.2 Å². The Hall–Kier alpha value is -3.40. The van der Waals surface area contributed by atoms with E-state index in [9.17, 15) is 0 Å². The maximum atomic E-state index is 8.49. The molecule has 2 aromatic rings. The van der Waals surface area contributed by atoms with Crippen LogP contribution >= 0.6 is 0 Å². The van der Waals surface area contributed by atoms with Crippen LogP contribution in [-0.2, 0) is 0 Å². The molecule has 0 atom stereocenters. The average molecular weight is 486 g/mol. The van der Waals surface area contributed by atoms with Crippen LogP contribution in [0.2, 0.25) is 0 Å². The highest BCUT2D eigenvalue weighted by molar-refractivity contribution is 6.04. The molecule has 2 aromatic carbocycles. The van der Waals surface area contributed by atoms with Gasteiger partial charge in [0.1, 0.15) is 37.1 Å². The smallest absolute Gasteiger partial charge is 0.199 e. The Kier molecular flexibility index (Phi) is 7.93. The van der Waals surface area contributed by atoms with Crippen molar-refractivity contribution in [2.24, 2.45) is 0 Å². The lowest BCUT2D eigenvalue weighted by atomic mass is 9.92. The molecule has 9 heteroatoms. The summed E-state index contributed by atoms with van der Waals surface area (Å²) in [5.74, 6) is 3.02. The maximum Gasteiger partial charge on any atom is 0.199 e. The highest BCUT2D eigenvalue weighted by atomic mass is 35.7. The van der Waals surface area contributed by atoms with E-state index in [1.54, 1.807) is 14.2 Å². The van der Waals surface area contributed by atoms with Gasteiger partial charge in [0, 0.05) is 23.8 Å². The molecule has 1 aliphatic heterocycles. The van der Waals surface area contributed by atoms with Crippen molar-refractivity contribution >= 4 is 17.0 Å². The third-order valence-electron chi connectivity index (χ3n) is 5.04. The van der Waals surface area contributed by atoms with E-state index in [0.717, 1.165) is 45.2 Å². The van der Waals surface area contributed by atoms with Gasteiger partial charge in [-0.05, 0) is 47.6 Å². The number of para-hydroxylation sites is 1. The van der Waals surface area contributed by atoms with Crippen LogP contribution in [0.5, 0.6) is 17.2 Å². The Labute approximate surface area is 200 Å². The number of fused-ring (bicyclic) bond motifs is 1. The molecular weight excluding hydrogens is 462 g/mol. The molecule has 34 heavy (non-hydrogen) atoms. The molecule has 1 aliphatic carbocycles. The summed E-state index contributed by atoms with van der Waals surface area (Å²) >= 11 is 0. The van der Waals surface area contributed by atoms with Crippen LogP contribution in [0.25, 0.3) is 11.3 Å². The third-order valence-corrected chi connectivity index (χ3v) is 5.04. The highest BCUT2D eigenvalue weighted by Crippen LogP contribution is 2.41. The minimum atomic E-state index is -4.94. The molecule has 0 saturated heterocycles. The van der Waals surface area contributed by atoms with Gasteiger partial charge in [0.2, 0.25) is 0 Å². The van der Waals surface area contributed by atoms with E-state index in [1.807, 2.05) is 50.5 Å². The molecule has 0 aromatic heterocycles. The van der Waals surface area contributed by atoms with Crippen LogP contribution in [-0.4, -0.2) is 38.6 Å². The number of allylic oxidation sites excluding steroid dienone is 7. The van der Waals surface area contributed by atoms with E-state index in [-0.39, 0.29) is 0 Å². The monoisotopic (exact) mass is 485 g/mol. The zero-order valence-electron chi connectivity index (χ0n) is 19.1. The first-order valence-corrected chi connectivity index (χ1v) is 11.3. The van der Waals surface area contributed by atoms with Gasteiger partial charge in [0.15, 0.2) is 5.71 Å². The lowest BCUT2D eigenvalue weighted by Gasteiger charge is -2.23. The number of methoxy groups -OCH3 is 2. The molecule has 2 aliphatic rings. The van der Waals surface area contributed by atoms with Crippen LogP contribution in [0, 0.1) is 10.2 Å². The standard InChI is InChI=1S/C25H24NO3.ClHO4/c1-26(2)18-11-9-17(10-12-18)22-16-25(29-23-8-6-5-7-20(22)23)21-14-13-19(27-3)15-24(21)28-4;2-1(3,4)5/h5-16H,1-4H3;(H,2,3,4,5)/q+1;/p-1. The topological polar surface area (TPSA) is 123 Å². The second kappa shape index (κ2) is 10.7. The van der Waals surface area contributed by atoms with Crippen molar-refractivity contribution < 1.29 is 47.7 Å². The van der Waals surface area contributed by atoms with Gasteiger partial charge in [0.05, 0.1) is 19.8 Å². The molecule has 178 valence electrons. The number of benzene rings is 2. The second-order valence-corrected chi connectivity index (χ2v) is 8.16. The zero-order valence-corrected chi connectivity index (χ0v) is 19.9. The number of ether oxygens (including phenoxy) is 3. The number of rotatable bonds is 3. The molecule has 8 nitrogen and oxygen atoms in total. The van der Waals surface area contributed by atoms with Gasteiger partial charge in [-0.2, -0.15) is 0 Å². The molecular formula is C25H24ClNO7. The van der Waals surface area contributed by atoms with Crippen molar-refractivity contribution in [1.82, 2.24) is 0 Å². The van der Waals surface area contributed by atoms with Crippen molar-refractivity contribution in [2.75, 3.05) is 28.3 Å². The fourth-order valence-corrected chi connectivity index (χ4v) is 3.45. The maximum absolute atomic E-state index is 8.49. The largest absolute Gasteiger partial charge is 0.497 e. The van der Waals surface area contributed by atoms with E-state index < -0.39 is 10.2 Å². The molecule has 0 N–H and O–H groups in total. The SMILES string of the molecule is COc1ccc(C2=CC(=C3C=CC(=[N+](C)C)C=C3)c3ccccc3O2)c(OC)c1.[O-][Cl+3]([O-])([O-])[O-]. The number of nitrogens with zero attached hydrogens (tertiary/aromatic N) is 1. The van der Waals surface area contributed by atoms with Crippen molar-refractivity contribution in [2.45, 2.75) is 0 Å². The Balaban J connectivity index is 0.000000588. The van der Waals surface area contributed by atoms with E-state index in [2.05, 4.69) is 41.0 Å². The second-order valence-electron chi connectivity index (χ2n) is 7.41.